The summed E-state index contributed by atoms with van der Waals surface area (Å²) in [4.78, 5) is 11.0. The molecule has 1 aliphatic heterocycles. The van der Waals surface area contributed by atoms with Crippen molar-refractivity contribution in [3.05, 3.63) is 0 Å². The van der Waals surface area contributed by atoms with Crippen LogP contribution >= 0.6 is 0 Å². The number of carbonyl (C=O) groups is 1. The zero-order valence-electron chi connectivity index (χ0n) is 7.50. The summed E-state index contributed by atoms with van der Waals surface area (Å²) in [6.07, 6.45) is 1.37. The normalized spacial score (nSPS) is 29.8. The molecule has 1 fully saturated rings. The maximum atomic E-state index is 11.0. The molecule has 4 nitrogen and oxygen atoms in total. The van der Waals surface area contributed by atoms with Crippen molar-refractivity contribution >= 4 is 5.97 Å². The van der Waals surface area contributed by atoms with Crippen LogP contribution in [-0.2, 0) is 14.3 Å². The van der Waals surface area contributed by atoms with Crippen molar-refractivity contribution in [3.8, 4) is 0 Å². The molecule has 0 bridgehead atoms. The van der Waals surface area contributed by atoms with Crippen LogP contribution in [0.25, 0.3) is 0 Å². The molecule has 2 unspecified atom stereocenters. The Morgan fingerprint density at radius 3 is 2.75 bits per heavy atom. The molecule has 0 aromatic carbocycles. The smallest absolute Gasteiger partial charge is 0.334 e. The summed E-state index contributed by atoms with van der Waals surface area (Å²) >= 11 is 0. The second-order valence-corrected chi connectivity index (χ2v) is 2.91. The molecule has 1 aliphatic rings. The van der Waals surface area contributed by atoms with Crippen molar-refractivity contribution in [1.29, 1.82) is 0 Å². The molecule has 1 heterocycles. The Bertz CT molecular complexity index is 152. The zero-order chi connectivity index (χ0) is 8.97. The summed E-state index contributed by atoms with van der Waals surface area (Å²) in [5.41, 5.74) is 0. The Kier molecular flexibility index (Phi) is 3.49. The number of likely N-dealkylation sites (N-methyl/N-ethyl adjacent to an activating group) is 1. The maximum Gasteiger partial charge on any atom is 0.334 e. The van der Waals surface area contributed by atoms with Gasteiger partial charge in [-0.2, -0.15) is 0 Å². The maximum absolute atomic E-state index is 11.0. The van der Waals surface area contributed by atoms with Crippen molar-refractivity contribution in [2.75, 3.05) is 20.8 Å². The lowest BCUT2D eigenvalue weighted by Crippen LogP contribution is -2.41. The number of esters is 1. The van der Waals surface area contributed by atoms with E-state index in [4.69, 9.17) is 4.74 Å². The van der Waals surface area contributed by atoms with E-state index < -0.39 is 0 Å². The van der Waals surface area contributed by atoms with E-state index in [1.54, 1.807) is 0 Å². The lowest BCUT2D eigenvalue weighted by molar-refractivity contribution is -0.157. The number of hydrogen-bond acceptors (Lipinski definition) is 4. The molecule has 0 amide bonds. The van der Waals surface area contributed by atoms with Gasteiger partial charge in [0.2, 0.25) is 0 Å². The third-order valence-electron chi connectivity index (χ3n) is 2.15. The summed E-state index contributed by atoms with van der Waals surface area (Å²) < 4.78 is 9.87. The average molecular weight is 173 g/mol. The van der Waals surface area contributed by atoms with Gasteiger partial charge in [-0.3, -0.25) is 0 Å². The number of rotatable bonds is 2. The van der Waals surface area contributed by atoms with E-state index in [9.17, 15) is 4.79 Å². The Balaban J connectivity index is 2.30. The summed E-state index contributed by atoms with van der Waals surface area (Å²) in [6, 6.07) is 0.380. The molecule has 0 radical (unpaired) electrons. The van der Waals surface area contributed by atoms with E-state index in [0.717, 1.165) is 12.8 Å². The van der Waals surface area contributed by atoms with Crippen LogP contribution in [0.15, 0.2) is 0 Å². The standard InChI is InChI=1S/C8H15NO3/c1-9-6-3-4-7(12-5-6)8(10)11-2/h6-7,9H,3-5H2,1-2H3. The second kappa shape index (κ2) is 4.42. The first-order chi connectivity index (χ1) is 5.77. The first kappa shape index (κ1) is 9.48. The highest BCUT2D eigenvalue weighted by molar-refractivity contribution is 5.74. The predicted octanol–water partition coefficient (Wildman–Crippen LogP) is -0.0736. The molecule has 1 rings (SSSR count). The molecule has 1 saturated heterocycles. The fourth-order valence-electron chi connectivity index (χ4n) is 1.30. The third kappa shape index (κ3) is 2.19. The van der Waals surface area contributed by atoms with Gasteiger partial charge in [-0.15, -0.1) is 0 Å². The molecule has 1 N–H and O–H groups in total. The van der Waals surface area contributed by atoms with Gasteiger partial charge in [-0.05, 0) is 19.9 Å². The van der Waals surface area contributed by atoms with Crippen LogP contribution in [0.1, 0.15) is 12.8 Å². The van der Waals surface area contributed by atoms with Gasteiger partial charge in [-0.25, -0.2) is 4.79 Å². The number of ether oxygens (including phenoxy) is 2. The predicted molar refractivity (Wildman–Crippen MR) is 43.8 cm³/mol. The van der Waals surface area contributed by atoms with E-state index in [0.29, 0.717) is 12.6 Å². The number of hydrogen-bond donors (Lipinski definition) is 1. The van der Waals surface area contributed by atoms with Crippen molar-refractivity contribution in [3.63, 3.8) is 0 Å². The Hall–Kier alpha value is -0.610. The molecule has 4 heteroatoms. The fraction of sp³-hybridized carbons (Fsp3) is 0.875. The monoisotopic (exact) mass is 173 g/mol. The van der Waals surface area contributed by atoms with Gasteiger partial charge in [-0.1, -0.05) is 0 Å². The molecule has 0 aliphatic carbocycles. The number of carbonyl (C=O) groups excluding carboxylic acids is 1. The van der Waals surface area contributed by atoms with Crippen molar-refractivity contribution in [2.24, 2.45) is 0 Å². The van der Waals surface area contributed by atoms with Crippen molar-refractivity contribution in [2.45, 2.75) is 25.0 Å². The molecule has 70 valence electrons. The van der Waals surface area contributed by atoms with Gasteiger partial charge in [0, 0.05) is 6.04 Å². The van der Waals surface area contributed by atoms with Crippen LogP contribution < -0.4 is 5.32 Å². The Morgan fingerprint density at radius 2 is 2.33 bits per heavy atom. The van der Waals surface area contributed by atoms with E-state index in [2.05, 4.69) is 10.1 Å². The van der Waals surface area contributed by atoms with Crippen LogP contribution in [0.3, 0.4) is 0 Å². The van der Waals surface area contributed by atoms with Crippen molar-refractivity contribution in [1.82, 2.24) is 5.32 Å². The van der Waals surface area contributed by atoms with E-state index in [-0.39, 0.29) is 12.1 Å². The molecule has 0 aromatic heterocycles. The van der Waals surface area contributed by atoms with Crippen LogP contribution in [0.5, 0.6) is 0 Å². The van der Waals surface area contributed by atoms with Crippen LogP contribution in [0, 0.1) is 0 Å². The largest absolute Gasteiger partial charge is 0.467 e. The van der Waals surface area contributed by atoms with E-state index in [1.807, 2.05) is 7.05 Å². The minimum absolute atomic E-state index is 0.260. The summed E-state index contributed by atoms with van der Waals surface area (Å²) in [6.45, 7) is 0.594. The molecule has 12 heavy (non-hydrogen) atoms. The average Bonchev–Trinajstić information content (AvgIpc) is 2.17. The molecule has 0 saturated carbocycles. The second-order valence-electron chi connectivity index (χ2n) is 2.91. The van der Waals surface area contributed by atoms with Gasteiger partial charge >= 0.3 is 5.97 Å². The third-order valence-corrected chi connectivity index (χ3v) is 2.15. The topological polar surface area (TPSA) is 47.6 Å². The lowest BCUT2D eigenvalue weighted by atomic mass is 10.1. The SMILES string of the molecule is CNC1CCC(C(=O)OC)OC1. The zero-order valence-corrected chi connectivity index (χ0v) is 7.50. The molecule has 0 spiro atoms. The molecule has 2 atom stereocenters. The fourth-order valence-corrected chi connectivity index (χ4v) is 1.30. The van der Waals surface area contributed by atoms with Crippen LogP contribution in [0.4, 0.5) is 0 Å². The van der Waals surface area contributed by atoms with Crippen LogP contribution in [0.2, 0.25) is 0 Å². The molecular weight excluding hydrogens is 158 g/mol. The summed E-state index contributed by atoms with van der Waals surface area (Å²) in [5.74, 6) is -0.260. The minimum Gasteiger partial charge on any atom is -0.467 e. The quantitative estimate of drug-likeness (QED) is 0.594. The van der Waals surface area contributed by atoms with Gasteiger partial charge < -0.3 is 14.8 Å². The van der Waals surface area contributed by atoms with E-state index >= 15 is 0 Å². The summed E-state index contributed by atoms with van der Waals surface area (Å²) in [7, 11) is 3.28. The van der Waals surface area contributed by atoms with Crippen molar-refractivity contribution < 1.29 is 14.3 Å². The Morgan fingerprint density at radius 1 is 1.58 bits per heavy atom. The first-order valence-electron chi connectivity index (χ1n) is 4.14. The highest BCUT2D eigenvalue weighted by Gasteiger charge is 2.26. The minimum atomic E-state index is -0.348. The highest BCUT2D eigenvalue weighted by atomic mass is 16.6. The number of nitrogens with one attached hydrogen (secondary N) is 1. The van der Waals surface area contributed by atoms with E-state index in [1.165, 1.54) is 7.11 Å². The molecule has 0 aromatic rings. The molecular formula is C8H15NO3. The Labute approximate surface area is 72.2 Å². The van der Waals surface area contributed by atoms with Gasteiger partial charge in [0.05, 0.1) is 13.7 Å². The summed E-state index contributed by atoms with van der Waals surface area (Å²) in [5, 5.41) is 3.10. The lowest BCUT2D eigenvalue weighted by Gasteiger charge is -2.26. The van der Waals surface area contributed by atoms with Gasteiger partial charge in [0.1, 0.15) is 0 Å². The van der Waals surface area contributed by atoms with Gasteiger partial charge in [0.15, 0.2) is 6.10 Å². The number of methoxy groups -OCH3 is 1. The highest BCUT2D eigenvalue weighted by Crippen LogP contribution is 2.14. The first-order valence-corrected chi connectivity index (χ1v) is 4.14. The van der Waals surface area contributed by atoms with Gasteiger partial charge in [0.25, 0.3) is 0 Å². The van der Waals surface area contributed by atoms with Crippen LogP contribution in [-0.4, -0.2) is 38.9 Å².